The molecule has 1 aromatic carbocycles. The number of benzene rings is 1. The van der Waals surface area contributed by atoms with Gasteiger partial charge in [-0.15, -0.1) is 0 Å². The van der Waals surface area contributed by atoms with E-state index in [1.807, 2.05) is 0 Å². The minimum atomic E-state index is -1.16. The van der Waals surface area contributed by atoms with Crippen molar-refractivity contribution < 1.29 is 0 Å². The van der Waals surface area contributed by atoms with Gasteiger partial charge in [0.05, 0.1) is 8.07 Å². The standard InChI is InChI=1S/C17H30N2Si/c1-14(18)16-9-11-19(12-10-16)13-15-5-7-17(8-6-15)20(2,3)4/h5-8,14,16H,9-13,18H2,1-4H3. The molecule has 1 atom stereocenters. The van der Waals surface area contributed by atoms with E-state index in [-0.39, 0.29) is 0 Å². The quantitative estimate of drug-likeness (QED) is 0.864. The number of hydrogen-bond donors (Lipinski definition) is 1. The first-order valence-electron chi connectivity index (χ1n) is 7.93. The van der Waals surface area contributed by atoms with E-state index in [4.69, 9.17) is 5.73 Å². The molecule has 0 aliphatic carbocycles. The molecule has 3 heteroatoms. The van der Waals surface area contributed by atoms with E-state index in [9.17, 15) is 0 Å². The molecule has 1 aliphatic heterocycles. The maximum Gasteiger partial charge on any atom is 0.0775 e. The molecule has 1 aromatic rings. The normalized spacial score (nSPS) is 20.1. The van der Waals surface area contributed by atoms with Crippen molar-refractivity contribution >= 4 is 13.3 Å². The monoisotopic (exact) mass is 290 g/mol. The molecule has 1 aliphatic rings. The topological polar surface area (TPSA) is 29.3 Å². The Kier molecular flexibility index (Phi) is 5.05. The Morgan fingerprint density at radius 1 is 1.15 bits per heavy atom. The van der Waals surface area contributed by atoms with Crippen molar-refractivity contribution in [1.82, 2.24) is 4.90 Å². The van der Waals surface area contributed by atoms with Gasteiger partial charge in [-0.1, -0.05) is 49.1 Å². The fourth-order valence-corrected chi connectivity index (χ4v) is 4.17. The zero-order valence-electron chi connectivity index (χ0n) is 13.5. The number of rotatable bonds is 4. The molecular formula is C17H30N2Si. The van der Waals surface area contributed by atoms with Crippen LogP contribution in [0.25, 0.3) is 0 Å². The van der Waals surface area contributed by atoms with Crippen LogP contribution >= 0.6 is 0 Å². The molecule has 1 heterocycles. The summed E-state index contributed by atoms with van der Waals surface area (Å²) < 4.78 is 0. The van der Waals surface area contributed by atoms with Crippen molar-refractivity contribution in [3.8, 4) is 0 Å². The highest BCUT2D eigenvalue weighted by molar-refractivity contribution is 6.88. The first-order chi connectivity index (χ1) is 9.36. The Bertz CT molecular complexity index is 412. The van der Waals surface area contributed by atoms with Crippen LogP contribution in [0.5, 0.6) is 0 Å². The maximum absolute atomic E-state index is 6.01. The molecule has 0 bridgehead atoms. The van der Waals surface area contributed by atoms with Gasteiger partial charge in [0.2, 0.25) is 0 Å². The lowest BCUT2D eigenvalue weighted by Gasteiger charge is -2.33. The Hall–Kier alpha value is -0.643. The van der Waals surface area contributed by atoms with Crippen LogP contribution in [-0.2, 0) is 6.54 Å². The number of hydrogen-bond acceptors (Lipinski definition) is 2. The van der Waals surface area contributed by atoms with Crippen molar-refractivity contribution in [2.75, 3.05) is 13.1 Å². The summed E-state index contributed by atoms with van der Waals surface area (Å²) in [6.45, 7) is 12.8. The summed E-state index contributed by atoms with van der Waals surface area (Å²) in [5.74, 6) is 0.723. The van der Waals surface area contributed by atoms with Gasteiger partial charge < -0.3 is 5.73 Å². The highest BCUT2D eigenvalue weighted by Gasteiger charge is 2.22. The van der Waals surface area contributed by atoms with Crippen LogP contribution in [0, 0.1) is 5.92 Å². The molecule has 20 heavy (non-hydrogen) atoms. The largest absolute Gasteiger partial charge is 0.328 e. The fraction of sp³-hybridized carbons (Fsp3) is 0.647. The Morgan fingerprint density at radius 3 is 2.15 bits per heavy atom. The first-order valence-corrected chi connectivity index (χ1v) is 11.4. The summed E-state index contributed by atoms with van der Waals surface area (Å²) in [5.41, 5.74) is 7.46. The lowest BCUT2D eigenvalue weighted by molar-refractivity contribution is 0.166. The van der Waals surface area contributed by atoms with Crippen molar-refractivity contribution in [1.29, 1.82) is 0 Å². The van der Waals surface area contributed by atoms with E-state index in [0.717, 1.165) is 12.5 Å². The van der Waals surface area contributed by atoms with Crippen LogP contribution in [-0.4, -0.2) is 32.1 Å². The molecule has 0 saturated carbocycles. The minimum Gasteiger partial charge on any atom is -0.328 e. The average Bonchev–Trinajstić information content (AvgIpc) is 2.39. The molecule has 1 unspecified atom stereocenters. The summed E-state index contributed by atoms with van der Waals surface area (Å²) in [4.78, 5) is 2.57. The van der Waals surface area contributed by atoms with Crippen LogP contribution < -0.4 is 10.9 Å². The van der Waals surface area contributed by atoms with Gasteiger partial charge in [0.1, 0.15) is 0 Å². The van der Waals surface area contributed by atoms with E-state index < -0.39 is 8.07 Å². The highest BCUT2D eigenvalue weighted by Crippen LogP contribution is 2.20. The fourth-order valence-electron chi connectivity index (χ4n) is 3.01. The van der Waals surface area contributed by atoms with Gasteiger partial charge in [-0.2, -0.15) is 0 Å². The summed E-state index contributed by atoms with van der Waals surface area (Å²) in [6.07, 6.45) is 2.51. The zero-order chi connectivity index (χ0) is 14.8. The first kappa shape index (κ1) is 15.7. The Morgan fingerprint density at radius 2 is 1.70 bits per heavy atom. The van der Waals surface area contributed by atoms with Crippen molar-refractivity contribution in [2.24, 2.45) is 11.7 Å². The molecule has 2 nitrogen and oxygen atoms in total. The number of nitrogens with two attached hydrogens (primary N) is 1. The predicted molar refractivity (Wildman–Crippen MR) is 91.1 cm³/mol. The van der Waals surface area contributed by atoms with Crippen LogP contribution in [0.3, 0.4) is 0 Å². The molecule has 112 valence electrons. The molecule has 0 amide bonds. The average molecular weight is 291 g/mol. The molecule has 0 radical (unpaired) electrons. The lowest BCUT2D eigenvalue weighted by atomic mass is 9.91. The van der Waals surface area contributed by atoms with E-state index in [1.165, 1.54) is 31.5 Å². The van der Waals surface area contributed by atoms with Crippen LogP contribution in [0.15, 0.2) is 24.3 Å². The molecule has 2 rings (SSSR count). The number of nitrogens with zero attached hydrogens (tertiary/aromatic N) is 1. The third-order valence-electron chi connectivity index (χ3n) is 4.60. The van der Waals surface area contributed by atoms with Crippen molar-refractivity contribution in [3.63, 3.8) is 0 Å². The van der Waals surface area contributed by atoms with E-state index >= 15 is 0 Å². The minimum absolute atomic E-state index is 0.355. The SMILES string of the molecule is CC(N)C1CCN(Cc2ccc([Si](C)(C)C)cc2)CC1. The zero-order valence-corrected chi connectivity index (χ0v) is 14.5. The molecule has 1 saturated heterocycles. The van der Waals surface area contributed by atoms with Crippen LogP contribution in [0.1, 0.15) is 25.3 Å². The Labute approximate surface area is 125 Å². The third kappa shape index (κ3) is 4.17. The van der Waals surface area contributed by atoms with Gasteiger partial charge in [0.25, 0.3) is 0 Å². The molecule has 0 spiro atoms. The summed E-state index contributed by atoms with van der Waals surface area (Å²) >= 11 is 0. The number of likely N-dealkylation sites (tertiary alicyclic amines) is 1. The maximum atomic E-state index is 6.01. The number of piperidine rings is 1. The van der Waals surface area contributed by atoms with Gasteiger partial charge in [0.15, 0.2) is 0 Å². The third-order valence-corrected chi connectivity index (χ3v) is 6.67. The predicted octanol–water partition coefficient (Wildman–Crippen LogP) is 2.79. The summed E-state index contributed by atoms with van der Waals surface area (Å²) in [6, 6.07) is 9.69. The van der Waals surface area contributed by atoms with E-state index in [2.05, 4.69) is 55.7 Å². The molecular weight excluding hydrogens is 260 g/mol. The van der Waals surface area contributed by atoms with Crippen molar-refractivity contribution in [3.05, 3.63) is 29.8 Å². The highest BCUT2D eigenvalue weighted by atomic mass is 28.3. The van der Waals surface area contributed by atoms with E-state index in [0.29, 0.717) is 6.04 Å². The molecule has 0 aromatic heterocycles. The van der Waals surface area contributed by atoms with E-state index in [1.54, 1.807) is 5.19 Å². The summed E-state index contributed by atoms with van der Waals surface area (Å²) in [7, 11) is -1.16. The second-order valence-corrected chi connectivity index (χ2v) is 12.5. The van der Waals surface area contributed by atoms with Gasteiger partial charge in [0, 0.05) is 12.6 Å². The second kappa shape index (κ2) is 6.42. The lowest BCUT2D eigenvalue weighted by Crippen LogP contribution is -2.39. The smallest absolute Gasteiger partial charge is 0.0775 e. The molecule has 2 N–H and O–H groups in total. The van der Waals surface area contributed by atoms with Gasteiger partial charge in [-0.05, 0) is 44.3 Å². The van der Waals surface area contributed by atoms with Gasteiger partial charge >= 0.3 is 0 Å². The second-order valence-electron chi connectivity index (χ2n) is 7.42. The van der Waals surface area contributed by atoms with Crippen molar-refractivity contribution in [2.45, 2.75) is 52.0 Å². The summed E-state index contributed by atoms with van der Waals surface area (Å²) in [5, 5.41) is 1.55. The van der Waals surface area contributed by atoms with Gasteiger partial charge in [-0.3, -0.25) is 4.90 Å². The van der Waals surface area contributed by atoms with Crippen LogP contribution in [0.4, 0.5) is 0 Å². The molecule has 1 fully saturated rings. The van der Waals surface area contributed by atoms with Gasteiger partial charge in [-0.25, -0.2) is 0 Å². The Balaban J connectivity index is 1.89. The van der Waals surface area contributed by atoms with Crippen LogP contribution in [0.2, 0.25) is 19.6 Å².